The summed E-state index contributed by atoms with van der Waals surface area (Å²) in [6.45, 7) is 10.4. The van der Waals surface area contributed by atoms with E-state index in [-0.39, 0.29) is 5.41 Å². The lowest BCUT2D eigenvalue weighted by atomic mass is 9.50. The molecule has 1 fully saturated rings. The van der Waals surface area contributed by atoms with Crippen LogP contribution in [0.4, 0.5) is 0 Å². The lowest BCUT2D eigenvalue weighted by Gasteiger charge is -2.55. The van der Waals surface area contributed by atoms with E-state index in [0.29, 0.717) is 17.3 Å². The summed E-state index contributed by atoms with van der Waals surface area (Å²) in [6.07, 6.45) is 6.37. The zero-order valence-electron chi connectivity index (χ0n) is 15.0. The minimum absolute atomic E-state index is 0.271. The van der Waals surface area contributed by atoms with Gasteiger partial charge in [0.2, 0.25) is 0 Å². The minimum atomic E-state index is 0.271. The number of benzene rings is 1. The number of thiocarbonyl (C=S) groups is 1. The van der Waals surface area contributed by atoms with Gasteiger partial charge in [0, 0.05) is 0 Å². The van der Waals surface area contributed by atoms with E-state index in [1.54, 1.807) is 11.1 Å². The number of rotatable bonds is 3. The van der Waals surface area contributed by atoms with Crippen molar-refractivity contribution in [3.05, 3.63) is 34.9 Å². The highest BCUT2D eigenvalue weighted by Crippen LogP contribution is 2.57. The zero-order valence-corrected chi connectivity index (χ0v) is 15.8. The predicted octanol–water partition coefficient (Wildman–Crippen LogP) is 5.92. The Hall–Kier alpha value is -0.980. The quantitative estimate of drug-likeness (QED) is 0.495. The van der Waals surface area contributed by atoms with Crippen LogP contribution in [0.25, 0.3) is 0 Å². The number of aliphatic imine (C=N–C) groups is 1. The molecule has 0 bridgehead atoms. The number of isothiocyanates is 1. The standard InChI is InChI=1S/C21H29NS/c1-15(2)16-6-8-18-17(12-16)7-9-19-20(3,13-22-14-23)10-5-11-21(18,19)4/h6,8,12,15,19H,5,7,9-11,13H2,1-4H3/t19?,20-,21+/m0/s1. The van der Waals surface area contributed by atoms with E-state index >= 15 is 0 Å². The molecule has 3 rings (SSSR count). The first-order valence-electron chi connectivity index (χ1n) is 9.08. The first-order valence-corrected chi connectivity index (χ1v) is 9.48. The monoisotopic (exact) mass is 327 g/mol. The van der Waals surface area contributed by atoms with Crippen LogP contribution < -0.4 is 0 Å². The first-order chi connectivity index (χ1) is 10.9. The van der Waals surface area contributed by atoms with Crippen molar-refractivity contribution in [1.29, 1.82) is 0 Å². The van der Waals surface area contributed by atoms with Crippen LogP contribution in [-0.4, -0.2) is 11.7 Å². The van der Waals surface area contributed by atoms with E-state index in [4.69, 9.17) is 12.2 Å². The van der Waals surface area contributed by atoms with Gasteiger partial charge in [-0.25, -0.2) is 4.99 Å². The number of nitrogens with zero attached hydrogens (tertiary/aromatic N) is 1. The second-order valence-corrected chi connectivity index (χ2v) is 8.68. The van der Waals surface area contributed by atoms with E-state index in [2.05, 4.69) is 56.0 Å². The van der Waals surface area contributed by atoms with E-state index in [9.17, 15) is 0 Å². The molecule has 1 aromatic carbocycles. The zero-order chi connectivity index (χ0) is 16.7. The van der Waals surface area contributed by atoms with E-state index in [0.717, 1.165) is 6.54 Å². The number of aryl methyl sites for hydroxylation is 1. The maximum Gasteiger partial charge on any atom is 0.0585 e. The van der Waals surface area contributed by atoms with E-state index < -0.39 is 0 Å². The molecule has 124 valence electrons. The van der Waals surface area contributed by atoms with E-state index in [1.807, 2.05) is 0 Å². The normalized spacial score (nSPS) is 32.8. The molecule has 1 nitrogen and oxygen atoms in total. The third-order valence-electron chi connectivity index (χ3n) is 6.67. The molecular weight excluding hydrogens is 298 g/mol. The summed E-state index contributed by atoms with van der Waals surface area (Å²) in [6, 6.07) is 7.27. The molecule has 0 heterocycles. The van der Waals surface area contributed by atoms with Gasteiger partial charge < -0.3 is 0 Å². The molecule has 2 aliphatic rings. The third-order valence-corrected chi connectivity index (χ3v) is 6.80. The van der Waals surface area contributed by atoms with Gasteiger partial charge in [-0.1, -0.05) is 52.3 Å². The van der Waals surface area contributed by atoms with Crippen molar-refractivity contribution in [1.82, 2.24) is 0 Å². The average molecular weight is 328 g/mol. The molecule has 1 unspecified atom stereocenters. The van der Waals surface area contributed by atoms with Crippen LogP contribution in [0.3, 0.4) is 0 Å². The fourth-order valence-electron chi connectivity index (χ4n) is 5.41. The molecule has 0 aliphatic heterocycles. The summed E-state index contributed by atoms with van der Waals surface area (Å²) >= 11 is 4.83. The average Bonchev–Trinajstić information content (AvgIpc) is 2.52. The van der Waals surface area contributed by atoms with Gasteiger partial charge in [0.05, 0.1) is 11.7 Å². The van der Waals surface area contributed by atoms with Gasteiger partial charge >= 0.3 is 0 Å². The molecule has 0 saturated heterocycles. The largest absolute Gasteiger partial charge is 0.232 e. The number of hydrogen-bond donors (Lipinski definition) is 0. The van der Waals surface area contributed by atoms with Crippen LogP contribution in [0.5, 0.6) is 0 Å². The van der Waals surface area contributed by atoms with Gasteiger partial charge in [-0.2, -0.15) is 0 Å². The van der Waals surface area contributed by atoms with Gasteiger partial charge in [0.15, 0.2) is 0 Å². The Kier molecular flexibility index (Phi) is 4.51. The van der Waals surface area contributed by atoms with Crippen LogP contribution in [0, 0.1) is 11.3 Å². The minimum Gasteiger partial charge on any atom is -0.232 e. The molecule has 2 aliphatic carbocycles. The van der Waals surface area contributed by atoms with Crippen LogP contribution >= 0.6 is 12.2 Å². The summed E-state index contributed by atoms with van der Waals surface area (Å²) in [7, 11) is 0. The Bertz CT molecular complexity index is 643. The van der Waals surface area contributed by atoms with Crippen molar-refractivity contribution in [2.24, 2.45) is 16.3 Å². The fraction of sp³-hybridized carbons (Fsp3) is 0.667. The molecule has 0 amide bonds. The molecule has 23 heavy (non-hydrogen) atoms. The summed E-state index contributed by atoms with van der Waals surface area (Å²) < 4.78 is 0. The van der Waals surface area contributed by atoms with Crippen LogP contribution in [0.15, 0.2) is 23.2 Å². The summed E-state index contributed by atoms with van der Waals surface area (Å²) in [5, 5.41) is 2.60. The van der Waals surface area contributed by atoms with E-state index in [1.165, 1.54) is 37.7 Å². The van der Waals surface area contributed by atoms with Gasteiger partial charge in [-0.3, -0.25) is 0 Å². The SMILES string of the molecule is CC(C)c1ccc2c(c1)CCC1[C@](C)(CN=C=S)CCC[C@]21C. The molecule has 2 heteroatoms. The smallest absolute Gasteiger partial charge is 0.0585 e. The highest BCUT2D eigenvalue weighted by molar-refractivity contribution is 7.78. The van der Waals surface area contributed by atoms with Gasteiger partial charge in [0.25, 0.3) is 0 Å². The maximum absolute atomic E-state index is 4.83. The molecular formula is C21H29NS. The summed E-state index contributed by atoms with van der Waals surface area (Å²) in [4.78, 5) is 4.35. The third kappa shape index (κ3) is 2.81. The Labute approximate surface area is 146 Å². The van der Waals surface area contributed by atoms with Gasteiger partial charge in [-0.15, -0.1) is 0 Å². The van der Waals surface area contributed by atoms with Crippen molar-refractivity contribution in [2.75, 3.05) is 6.54 Å². The second-order valence-electron chi connectivity index (χ2n) is 8.50. The molecule has 0 aromatic heterocycles. The Morgan fingerprint density at radius 2 is 2.09 bits per heavy atom. The maximum atomic E-state index is 4.83. The Morgan fingerprint density at radius 1 is 1.30 bits per heavy atom. The van der Waals surface area contributed by atoms with Gasteiger partial charge in [-0.05, 0) is 77.3 Å². The van der Waals surface area contributed by atoms with Gasteiger partial charge in [0.1, 0.15) is 0 Å². The molecule has 3 atom stereocenters. The second kappa shape index (κ2) is 6.15. The molecule has 1 aromatic rings. The van der Waals surface area contributed by atoms with Crippen LogP contribution in [-0.2, 0) is 11.8 Å². The summed E-state index contributed by atoms with van der Waals surface area (Å²) in [5.41, 5.74) is 5.25. The van der Waals surface area contributed by atoms with Crippen molar-refractivity contribution in [2.45, 2.75) is 71.1 Å². The molecule has 0 radical (unpaired) electrons. The lowest BCUT2D eigenvalue weighted by Crippen LogP contribution is -2.50. The van der Waals surface area contributed by atoms with Crippen molar-refractivity contribution in [3.8, 4) is 0 Å². The number of fused-ring (bicyclic) bond motifs is 3. The van der Waals surface area contributed by atoms with Crippen LogP contribution in [0.1, 0.15) is 76.0 Å². The van der Waals surface area contributed by atoms with Crippen molar-refractivity contribution < 1.29 is 0 Å². The fourth-order valence-corrected chi connectivity index (χ4v) is 5.47. The van der Waals surface area contributed by atoms with Crippen molar-refractivity contribution in [3.63, 3.8) is 0 Å². The van der Waals surface area contributed by atoms with Crippen LogP contribution in [0.2, 0.25) is 0 Å². The lowest BCUT2D eigenvalue weighted by molar-refractivity contribution is 0.0332. The number of hydrogen-bond acceptors (Lipinski definition) is 2. The molecule has 0 spiro atoms. The first kappa shape index (κ1) is 16.9. The molecule has 1 saturated carbocycles. The molecule has 0 N–H and O–H groups in total. The highest BCUT2D eigenvalue weighted by atomic mass is 32.1. The predicted molar refractivity (Wildman–Crippen MR) is 102 cm³/mol. The highest BCUT2D eigenvalue weighted by Gasteiger charge is 2.51. The summed E-state index contributed by atoms with van der Waals surface area (Å²) in [5.74, 6) is 1.31. The topological polar surface area (TPSA) is 12.4 Å². The Balaban J connectivity index is 2.02. The Morgan fingerprint density at radius 3 is 2.78 bits per heavy atom. The van der Waals surface area contributed by atoms with Crippen molar-refractivity contribution >= 4 is 17.4 Å².